The van der Waals surface area contributed by atoms with Crippen molar-refractivity contribution >= 4 is 5.78 Å². The number of fused-ring (bicyclic) bond motifs is 1. The number of nitriles is 1. The average molecular weight is 171 g/mol. The molecule has 0 radical (unpaired) electrons. The molecule has 0 aromatic carbocycles. The summed E-state index contributed by atoms with van der Waals surface area (Å²) in [4.78, 5) is 11.7. The molecule has 0 saturated heterocycles. The molecule has 0 aromatic rings. The van der Waals surface area contributed by atoms with E-state index in [1.165, 1.54) is 0 Å². The third kappa shape index (κ3) is 0.297. The summed E-state index contributed by atoms with van der Waals surface area (Å²) in [5.41, 5.74) is 0.0385. The van der Waals surface area contributed by atoms with Crippen LogP contribution in [-0.2, 0) is 4.79 Å². The van der Waals surface area contributed by atoms with E-state index >= 15 is 0 Å². The van der Waals surface area contributed by atoms with E-state index in [1.54, 1.807) is 0 Å². The van der Waals surface area contributed by atoms with Crippen LogP contribution in [0.5, 0.6) is 0 Å². The Morgan fingerprint density at radius 3 is 2.69 bits per heavy atom. The molecule has 6 aliphatic rings. The highest BCUT2D eigenvalue weighted by Crippen LogP contribution is 2.96. The highest BCUT2D eigenvalue weighted by Gasteiger charge is 2.97. The number of ketones is 1. The lowest BCUT2D eigenvalue weighted by Crippen LogP contribution is -2.35. The minimum Gasteiger partial charge on any atom is -0.299 e. The molecule has 13 heavy (non-hydrogen) atoms. The third-order valence-electron chi connectivity index (χ3n) is 5.82. The van der Waals surface area contributed by atoms with Gasteiger partial charge in [0, 0.05) is 12.3 Å². The van der Waals surface area contributed by atoms with E-state index in [0.29, 0.717) is 41.3 Å². The maximum atomic E-state index is 11.7. The predicted molar refractivity (Wildman–Crippen MR) is 42.1 cm³/mol. The maximum Gasteiger partial charge on any atom is 0.136 e. The molecule has 0 amide bonds. The third-order valence-corrected chi connectivity index (χ3v) is 5.82. The van der Waals surface area contributed by atoms with Gasteiger partial charge in [-0.25, -0.2) is 0 Å². The van der Waals surface area contributed by atoms with Gasteiger partial charge >= 0.3 is 0 Å². The Bertz CT molecular complexity index is 418. The SMILES string of the molecule is N#CC12C3C4C5CC(=O)C(C43)C1C52. The van der Waals surface area contributed by atoms with Gasteiger partial charge in [0.1, 0.15) is 5.78 Å². The molecule has 8 atom stereocenters. The predicted octanol–water partition coefficient (Wildman–Crippen LogP) is 0.837. The fourth-order valence-corrected chi connectivity index (χ4v) is 5.81. The smallest absolute Gasteiger partial charge is 0.136 e. The summed E-state index contributed by atoms with van der Waals surface area (Å²) in [5, 5.41) is 9.25. The summed E-state index contributed by atoms with van der Waals surface area (Å²) in [6, 6.07) is 2.57. The van der Waals surface area contributed by atoms with Gasteiger partial charge in [0.15, 0.2) is 0 Å². The highest BCUT2D eigenvalue weighted by molar-refractivity contribution is 5.88. The molecule has 64 valence electrons. The van der Waals surface area contributed by atoms with Gasteiger partial charge in [0.05, 0.1) is 11.5 Å². The maximum absolute atomic E-state index is 11.7. The van der Waals surface area contributed by atoms with Crippen LogP contribution in [0.15, 0.2) is 0 Å². The van der Waals surface area contributed by atoms with E-state index < -0.39 is 0 Å². The quantitative estimate of drug-likeness (QED) is 0.541. The fourth-order valence-electron chi connectivity index (χ4n) is 5.81. The lowest BCUT2D eigenvalue weighted by molar-refractivity contribution is -0.130. The van der Waals surface area contributed by atoms with Crippen LogP contribution in [0.2, 0.25) is 0 Å². The van der Waals surface area contributed by atoms with Crippen molar-refractivity contribution in [2.45, 2.75) is 6.42 Å². The Morgan fingerprint density at radius 1 is 1.31 bits per heavy atom. The summed E-state index contributed by atoms with van der Waals surface area (Å²) in [5.74, 6) is 4.88. The lowest BCUT2D eigenvalue weighted by atomic mass is 9.70. The Labute approximate surface area is 75.9 Å². The van der Waals surface area contributed by atoms with Crippen molar-refractivity contribution in [3.05, 3.63) is 0 Å². The summed E-state index contributed by atoms with van der Waals surface area (Å²) < 4.78 is 0. The molecule has 0 spiro atoms. The van der Waals surface area contributed by atoms with E-state index in [0.717, 1.165) is 12.3 Å². The van der Waals surface area contributed by atoms with Gasteiger partial charge in [-0.1, -0.05) is 0 Å². The van der Waals surface area contributed by atoms with Crippen LogP contribution in [0.3, 0.4) is 0 Å². The van der Waals surface area contributed by atoms with Crippen molar-refractivity contribution < 1.29 is 4.79 Å². The number of hydrogen-bond donors (Lipinski definition) is 0. The van der Waals surface area contributed by atoms with Crippen molar-refractivity contribution in [2.75, 3.05) is 0 Å². The zero-order chi connectivity index (χ0) is 8.53. The Morgan fingerprint density at radius 2 is 2.15 bits per heavy atom. The second-order valence-corrected chi connectivity index (χ2v) is 5.64. The van der Waals surface area contributed by atoms with Crippen LogP contribution in [-0.4, -0.2) is 5.78 Å². The Kier molecular flexibility index (Phi) is 0.529. The normalized spacial score (nSPS) is 78.1. The van der Waals surface area contributed by atoms with Crippen LogP contribution in [0, 0.1) is 58.2 Å². The molecule has 2 heteroatoms. The van der Waals surface area contributed by atoms with Crippen LogP contribution in [0.25, 0.3) is 0 Å². The first-order chi connectivity index (χ1) is 6.32. The topological polar surface area (TPSA) is 40.9 Å². The van der Waals surface area contributed by atoms with Gasteiger partial charge < -0.3 is 0 Å². The lowest BCUT2D eigenvalue weighted by Gasteiger charge is -2.32. The first kappa shape index (κ1) is 5.80. The van der Waals surface area contributed by atoms with Gasteiger partial charge in [-0.2, -0.15) is 5.26 Å². The Hall–Kier alpha value is -0.840. The van der Waals surface area contributed by atoms with Gasteiger partial charge in [-0.05, 0) is 35.5 Å². The zero-order valence-electron chi connectivity index (χ0n) is 7.10. The molecule has 0 aliphatic heterocycles. The summed E-state index contributed by atoms with van der Waals surface area (Å²) in [6.45, 7) is 0. The molecule has 6 saturated carbocycles. The molecule has 0 aromatic heterocycles. The first-order valence-electron chi connectivity index (χ1n) is 5.26. The largest absolute Gasteiger partial charge is 0.299 e. The van der Waals surface area contributed by atoms with Crippen molar-refractivity contribution in [3.63, 3.8) is 0 Å². The number of carbonyl (C=O) groups excluding carboxylic acids is 1. The van der Waals surface area contributed by atoms with Gasteiger partial charge in [-0.15, -0.1) is 0 Å². The van der Waals surface area contributed by atoms with Crippen LogP contribution in [0.4, 0.5) is 0 Å². The van der Waals surface area contributed by atoms with E-state index in [1.807, 2.05) is 0 Å². The highest BCUT2D eigenvalue weighted by atomic mass is 16.1. The molecule has 6 aliphatic carbocycles. The number of carbonyl (C=O) groups is 1. The molecule has 6 rings (SSSR count). The monoisotopic (exact) mass is 171 g/mol. The van der Waals surface area contributed by atoms with Gasteiger partial charge in [0.25, 0.3) is 0 Å². The summed E-state index contributed by atoms with van der Waals surface area (Å²) in [6.07, 6.45) is 0.826. The summed E-state index contributed by atoms with van der Waals surface area (Å²) in [7, 11) is 0. The minimum atomic E-state index is 0.0385. The van der Waals surface area contributed by atoms with Crippen LogP contribution >= 0.6 is 0 Å². The van der Waals surface area contributed by atoms with E-state index in [-0.39, 0.29) is 5.41 Å². The van der Waals surface area contributed by atoms with Crippen molar-refractivity contribution in [3.8, 4) is 6.07 Å². The molecular formula is C11H9NO. The van der Waals surface area contributed by atoms with E-state index in [2.05, 4.69) is 6.07 Å². The molecule has 0 heterocycles. The minimum absolute atomic E-state index is 0.0385. The molecular weight excluding hydrogens is 162 g/mol. The second-order valence-electron chi connectivity index (χ2n) is 5.64. The van der Waals surface area contributed by atoms with Crippen LogP contribution < -0.4 is 0 Å². The molecule has 8 unspecified atom stereocenters. The van der Waals surface area contributed by atoms with Crippen molar-refractivity contribution in [1.82, 2.24) is 0 Å². The summed E-state index contributed by atoms with van der Waals surface area (Å²) >= 11 is 0. The van der Waals surface area contributed by atoms with Gasteiger partial charge in [-0.3, -0.25) is 4.79 Å². The molecule has 2 bridgehead atoms. The van der Waals surface area contributed by atoms with Crippen molar-refractivity contribution in [2.24, 2.45) is 46.8 Å². The number of rotatable bonds is 0. The number of nitrogens with zero attached hydrogens (tertiary/aromatic N) is 1. The molecule has 0 N–H and O–H groups in total. The molecule has 2 nitrogen and oxygen atoms in total. The number of hydrogen-bond acceptors (Lipinski definition) is 2. The fraction of sp³-hybridized carbons (Fsp3) is 0.818. The molecule has 6 fully saturated rings. The van der Waals surface area contributed by atoms with E-state index in [9.17, 15) is 10.1 Å². The standard InChI is InChI=1S/C11H9NO/c12-2-11-8-3-1-4(13)6(10(8)11)7-5(3)9(7)11/h3,5-10H,1H2. The van der Waals surface area contributed by atoms with E-state index in [4.69, 9.17) is 0 Å². The zero-order valence-corrected chi connectivity index (χ0v) is 7.10. The van der Waals surface area contributed by atoms with Gasteiger partial charge in [0.2, 0.25) is 0 Å². The average Bonchev–Trinajstić information content (AvgIpc) is 2.94. The first-order valence-corrected chi connectivity index (χ1v) is 5.26. The van der Waals surface area contributed by atoms with Crippen LogP contribution in [0.1, 0.15) is 6.42 Å². The van der Waals surface area contributed by atoms with Crippen molar-refractivity contribution in [1.29, 1.82) is 5.26 Å². The second kappa shape index (κ2) is 1.19. The number of Topliss-reactive ketones (excluding diaryl/α,β-unsaturated/α-hetero) is 1. The Balaban J connectivity index is 1.85.